The van der Waals surface area contributed by atoms with Crippen LogP contribution in [0.4, 0.5) is 0 Å². The summed E-state index contributed by atoms with van der Waals surface area (Å²) in [5, 5.41) is 0. The first-order chi connectivity index (χ1) is 6.88. The van der Waals surface area contributed by atoms with Gasteiger partial charge in [0.1, 0.15) is 0 Å². The maximum atomic E-state index is 11.7. The zero-order chi connectivity index (χ0) is 11.6. The average molecular weight is 294 g/mol. The summed E-state index contributed by atoms with van der Waals surface area (Å²) in [4.78, 5) is 6.70. The smallest absolute Gasteiger partial charge is 0.262 e. The standard InChI is InChI=1S/C9H12BrNO3S/c1-6-4-8(10)5-7(2)9(6)15(12,13)11-14-3/h4-5,11H,1-3H3. The predicted molar refractivity (Wildman–Crippen MR) is 60.9 cm³/mol. The van der Waals surface area contributed by atoms with Gasteiger partial charge in [-0.3, -0.25) is 4.84 Å². The Kier molecular flexibility index (Phi) is 3.88. The number of rotatable bonds is 3. The minimum absolute atomic E-state index is 0.257. The van der Waals surface area contributed by atoms with Crippen molar-refractivity contribution in [2.24, 2.45) is 0 Å². The maximum Gasteiger partial charge on any atom is 0.262 e. The molecule has 0 spiro atoms. The molecular weight excluding hydrogens is 282 g/mol. The highest BCUT2D eigenvalue weighted by Gasteiger charge is 2.19. The normalized spacial score (nSPS) is 11.7. The lowest BCUT2D eigenvalue weighted by atomic mass is 10.2. The van der Waals surface area contributed by atoms with Gasteiger partial charge in [-0.05, 0) is 37.1 Å². The number of nitrogens with one attached hydrogen (secondary N) is 1. The summed E-state index contributed by atoms with van der Waals surface area (Å²) in [6.07, 6.45) is 0. The number of sulfonamides is 1. The number of halogens is 1. The summed E-state index contributed by atoms with van der Waals surface area (Å²) < 4.78 is 24.3. The molecule has 0 radical (unpaired) electrons. The maximum absolute atomic E-state index is 11.7. The van der Waals surface area contributed by atoms with Gasteiger partial charge in [0.2, 0.25) is 0 Å². The van der Waals surface area contributed by atoms with Crippen LogP contribution in [0.25, 0.3) is 0 Å². The Balaban J connectivity index is 3.38. The van der Waals surface area contributed by atoms with E-state index in [1.165, 1.54) is 7.11 Å². The molecule has 6 heteroatoms. The molecule has 15 heavy (non-hydrogen) atoms. The van der Waals surface area contributed by atoms with E-state index in [0.29, 0.717) is 11.1 Å². The second-order valence-corrected chi connectivity index (χ2v) is 5.66. The molecule has 0 bridgehead atoms. The molecule has 84 valence electrons. The van der Waals surface area contributed by atoms with Gasteiger partial charge < -0.3 is 0 Å². The van der Waals surface area contributed by atoms with Crippen LogP contribution in [0.5, 0.6) is 0 Å². The van der Waals surface area contributed by atoms with Gasteiger partial charge in [0.25, 0.3) is 10.0 Å². The number of aryl methyl sites for hydroxylation is 2. The van der Waals surface area contributed by atoms with Crippen molar-refractivity contribution in [2.45, 2.75) is 18.7 Å². The topological polar surface area (TPSA) is 55.4 Å². The third-order valence-corrected chi connectivity index (χ3v) is 3.91. The second kappa shape index (κ2) is 4.61. The van der Waals surface area contributed by atoms with E-state index in [-0.39, 0.29) is 4.90 Å². The molecule has 0 saturated heterocycles. The number of hydrogen-bond donors (Lipinski definition) is 1. The van der Waals surface area contributed by atoms with Gasteiger partial charge in [-0.25, -0.2) is 8.42 Å². The fourth-order valence-corrected chi connectivity index (χ4v) is 3.43. The van der Waals surface area contributed by atoms with E-state index in [4.69, 9.17) is 0 Å². The number of hydrogen-bond acceptors (Lipinski definition) is 3. The lowest BCUT2D eigenvalue weighted by Crippen LogP contribution is -2.24. The van der Waals surface area contributed by atoms with Crippen LogP contribution in [0, 0.1) is 13.8 Å². The lowest BCUT2D eigenvalue weighted by Gasteiger charge is -2.11. The van der Waals surface area contributed by atoms with E-state index >= 15 is 0 Å². The van der Waals surface area contributed by atoms with Gasteiger partial charge in [-0.1, -0.05) is 20.8 Å². The van der Waals surface area contributed by atoms with Crippen LogP contribution in [-0.2, 0) is 14.9 Å². The molecule has 1 rings (SSSR count). The van der Waals surface area contributed by atoms with E-state index in [0.717, 1.165) is 4.47 Å². The molecule has 1 N–H and O–H groups in total. The molecule has 0 saturated carbocycles. The lowest BCUT2D eigenvalue weighted by molar-refractivity contribution is 0.153. The van der Waals surface area contributed by atoms with E-state index < -0.39 is 10.0 Å². The van der Waals surface area contributed by atoms with Crippen LogP contribution < -0.4 is 4.89 Å². The van der Waals surface area contributed by atoms with Crippen LogP contribution in [0.3, 0.4) is 0 Å². The fraction of sp³-hybridized carbons (Fsp3) is 0.333. The van der Waals surface area contributed by atoms with E-state index in [9.17, 15) is 8.42 Å². The van der Waals surface area contributed by atoms with Crippen molar-refractivity contribution < 1.29 is 13.3 Å². The molecule has 0 aliphatic heterocycles. The first kappa shape index (κ1) is 12.6. The average Bonchev–Trinajstić information content (AvgIpc) is 1.99. The minimum Gasteiger partial charge on any atom is -0.290 e. The van der Waals surface area contributed by atoms with Gasteiger partial charge in [0.15, 0.2) is 0 Å². The summed E-state index contributed by atoms with van der Waals surface area (Å²) in [5.41, 5.74) is 1.35. The molecule has 1 aromatic rings. The molecule has 0 aliphatic rings. The SMILES string of the molecule is CONS(=O)(=O)c1c(C)cc(Br)cc1C. The van der Waals surface area contributed by atoms with Crippen molar-refractivity contribution in [2.75, 3.05) is 7.11 Å². The van der Waals surface area contributed by atoms with Gasteiger partial charge in [-0.2, -0.15) is 0 Å². The van der Waals surface area contributed by atoms with Crippen LogP contribution in [0.15, 0.2) is 21.5 Å². The molecule has 0 unspecified atom stereocenters. The zero-order valence-electron chi connectivity index (χ0n) is 8.67. The van der Waals surface area contributed by atoms with E-state index in [1.54, 1.807) is 26.0 Å². The predicted octanol–water partition coefficient (Wildman–Crippen LogP) is 1.91. The Bertz CT molecular complexity index is 447. The molecule has 0 amide bonds. The molecule has 0 heterocycles. The highest BCUT2D eigenvalue weighted by molar-refractivity contribution is 9.10. The summed E-state index contributed by atoms with van der Waals surface area (Å²) >= 11 is 3.31. The largest absolute Gasteiger partial charge is 0.290 e. The first-order valence-electron chi connectivity index (χ1n) is 4.20. The van der Waals surface area contributed by atoms with Crippen LogP contribution in [-0.4, -0.2) is 15.5 Å². The summed E-state index contributed by atoms with van der Waals surface area (Å²) in [6.45, 7) is 3.48. The van der Waals surface area contributed by atoms with Crippen LogP contribution in [0.2, 0.25) is 0 Å². The number of benzene rings is 1. The molecule has 4 nitrogen and oxygen atoms in total. The van der Waals surface area contributed by atoms with Crippen molar-refractivity contribution >= 4 is 26.0 Å². The van der Waals surface area contributed by atoms with Crippen molar-refractivity contribution in [3.63, 3.8) is 0 Å². The minimum atomic E-state index is -3.58. The molecular formula is C9H12BrNO3S. The van der Waals surface area contributed by atoms with Crippen molar-refractivity contribution in [3.05, 3.63) is 27.7 Å². The molecule has 0 aromatic heterocycles. The third kappa shape index (κ3) is 2.78. The quantitative estimate of drug-likeness (QED) is 0.866. The molecule has 0 fully saturated rings. The summed E-state index contributed by atoms with van der Waals surface area (Å²) in [6, 6.07) is 3.49. The van der Waals surface area contributed by atoms with Gasteiger partial charge in [0.05, 0.1) is 12.0 Å². The van der Waals surface area contributed by atoms with Crippen LogP contribution in [0.1, 0.15) is 11.1 Å². The summed E-state index contributed by atoms with van der Waals surface area (Å²) in [7, 11) is -2.32. The fourth-order valence-electron chi connectivity index (χ4n) is 1.47. The monoisotopic (exact) mass is 293 g/mol. The van der Waals surface area contributed by atoms with Gasteiger partial charge in [-0.15, -0.1) is 0 Å². The Hall–Kier alpha value is -0.430. The Morgan fingerprint density at radius 2 is 1.73 bits per heavy atom. The van der Waals surface area contributed by atoms with Gasteiger partial charge >= 0.3 is 0 Å². The van der Waals surface area contributed by atoms with Crippen molar-refractivity contribution in [1.29, 1.82) is 0 Å². The highest BCUT2D eigenvalue weighted by atomic mass is 79.9. The Morgan fingerprint density at radius 3 is 2.13 bits per heavy atom. The van der Waals surface area contributed by atoms with E-state index in [1.807, 2.05) is 4.89 Å². The van der Waals surface area contributed by atoms with Gasteiger partial charge in [0, 0.05) is 4.47 Å². The zero-order valence-corrected chi connectivity index (χ0v) is 11.1. The highest BCUT2D eigenvalue weighted by Crippen LogP contribution is 2.24. The first-order valence-corrected chi connectivity index (χ1v) is 6.47. The van der Waals surface area contributed by atoms with E-state index in [2.05, 4.69) is 20.8 Å². The molecule has 1 aromatic carbocycles. The van der Waals surface area contributed by atoms with Crippen molar-refractivity contribution in [3.8, 4) is 0 Å². The third-order valence-electron chi connectivity index (χ3n) is 1.89. The van der Waals surface area contributed by atoms with Crippen LogP contribution >= 0.6 is 15.9 Å². The Labute approximate surface area is 97.8 Å². The second-order valence-electron chi connectivity index (χ2n) is 3.16. The van der Waals surface area contributed by atoms with Crippen molar-refractivity contribution in [1.82, 2.24) is 4.89 Å². The summed E-state index contributed by atoms with van der Waals surface area (Å²) in [5.74, 6) is 0. The molecule has 0 aliphatic carbocycles. The molecule has 0 atom stereocenters. The Morgan fingerprint density at radius 1 is 1.27 bits per heavy atom.